The normalized spacial score (nSPS) is 13.7. The first kappa shape index (κ1) is 20.8. The SMILES string of the molecule is O=C(c1ccn(COc2ccc(-c3ccccc3)cc2)n1)N1CCN(c2ccccc2)CC1. The Morgan fingerprint density at radius 1 is 0.758 bits per heavy atom. The summed E-state index contributed by atoms with van der Waals surface area (Å²) < 4.78 is 7.50. The number of piperazine rings is 1. The number of amides is 1. The van der Waals surface area contributed by atoms with Crippen molar-refractivity contribution in [3.8, 4) is 16.9 Å². The molecule has 0 N–H and O–H groups in total. The van der Waals surface area contributed by atoms with E-state index in [0.29, 0.717) is 18.8 Å². The Bertz CT molecular complexity index is 1180. The maximum Gasteiger partial charge on any atom is 0.274 e. The number of para-hydroxylation sites is 1. The van der Waals surface area contributed by atoms with Gasteiger partial charge in [0.25, 0.3) is 5.91 Å². The predicted molar refractivity (Wildman–Crippen MR) is 129 cm³/mol. The van der Waals surface area contributed by atoms with Crippen molar-refractivity contribution in [3.05, 3.63) is 103 Å². The zero-order valence-corrected chi connectivity index (χ0v) is 18.4. The second-order valence-corrected chi connectivity index (χ2v) is 8.02. The highest BCUT2D eigenvalue weighted by molar-refractivity contribution is 5.92. The number of hydrogen-bond acceptors (Lipinski definition) is 4. The van der Waals surface area contributed by atoms with Gasteiger partial charge in [-0.15, -0.1) is 0 Å². The lowest BCUT2D eigenvalue weighted by atomic mass is 10.1. The first-order chi connectivity index (χ1) is 16.3. The van der Waals surface area contributed by atoms with E-state index < -0.39 is 0 Å². The van der Waals surface area contributed by atoms with Crippen molar-refractivity contribution in [2.45, 2.75) is 6.73 Å². The third-order valence-corrected chi connectivity index (χ3v) is 5.87. The van der Waals surface area contributed by atoms with Gasteiger partial charge in [0.05, 0.1) is 0 Å². The molecule has 0 radical (unpaired) electrons. The van der Waals surface area contributed by atoms with Crippen molar-refractivity contribution in [2.24, 2.45) is 0 Å². The van der Waals surface area contributed by atoms with Crippen LogP contribution in [0.2, 0.25) is 0 Å². The molecule has 4 aromatic rings. The van der Waals surface area contributed by atoms with E-state index in [1.807, 2.05) is 65.6 Å². The monoisotopic (exact) mass is 438 g/mol. The molecule has 1 aromatic heterocycles. The van der Waals surface area contributed by atoms with Crippen molar-refractivity contribution >= 4 is 11.6 Å². The smallest absolute Gasteiger partial charge is 0.274 e. The Balaban J connectivity index is 1.14. The minimum absolute atomic E-state index is 0.0336. The van der Waals surface area contributed by atoms with Gasteiger partial charge in [0.2, 0.25) is 0 Å². The van der Waals surface area contributed by atoms with Crippen LogP contribution in [-0.4, -0.2) is 46.8 Å². The minimum Gasteiger partial charge on any atom is -0.471 e. The molecule has 6 nitrogen and oxygen atoms in total. The standard InChI is InChI=1S/C27H26N4O2/c32-27(30-19-17-29(18-20-30)24-9-5-2-6-10-24)26-15-16-31(28-26)21-33-25-13-11-23(12-14-25)22-7-3-1-4-8-22/h1-16H,17-21H2. The molecule has 33 heavy (non-hydrogen) atoms. The maximum atomic E-state index is 12.9. The van der Waals surface area contributed by atoms with Crippen LogP contribution in [0.1, 0.15) is 10.5 Å². The zero-order valence-electron chi connectivity index (χ0n) is 18.4. The number of nitrogens with zero attached hydrogens (tertiary/aromatic N) is 4. The average Bonchev–Trinajstić information content (AvgIpc) is 3.38. The summed E-state index contributed by atoms with van der Waals surface area (Å²) in [5.41, 5.74) is 3.96. The van der Waals surface area contributed by atoms with Gasteiger partial charge >= 0.3 is 0 Å². The lowest BCUT2D eigenvalue weighted by Crippen LogP contribution is -2.48. The molecule has 0 aliphatic carbocycles. The van der Waals surface area contributed by atoms with Crippen LogP contribution in [0.5, 0.6) is 5.75 Å². The van der Waals surface area contributed by atoms with E-state index in [-0.39, 0.29) is 12.6 Å². The third kappa shape index (κ3) is 4.90. The van der Waals surface area contributed by atoms with Gasteiger partial charge in [-0.25, -0.2) is 4.68 Å². The lowest BCUT2D eigenvalue weighted by Gasteiger charge is -2.35. The molecule has 0 spiro atoms. The lowest BCUT2D eigenvalue weighted by molar-refractivity contribution is 0.0738. The fourth-order valence-corrected chi connectivity index (χ4v) is 4.03. The second-order valence-electron chi connectivity index (χ2n) is 8.02. The Labute approximate surface area is 193 Å². The molecule has 5 rings (SSSR count). The molecular formula is C27H26N4O2. The van der Waals surface area contributed by atoms with E-state index in [1.54, 1.807) is 16.9 Å². The molecule has 0 bridgehead atoms. The number of aromatic nitrogens is 2. The molecule has 1 aliphatic rings. The highest BCUT2D eigenvalue weighted by Crippen LogP contribution is 2.22. The Morgan fingerprint density at radius 3 is 2.09 bits per heavy atom. The summed E-state index contributed by atoms with van der Waals surface area (Å²) in [4.78, 5) is 17.1. The molecule has 6 heteroatoms. The van der Waals surface area contributed by atoms with Gasteiger partial charge in [0, 0.05) is 38.1 Å². The molecule has 1 fully saturated rings. The van der Waals surface area contributed by atoms with Crippen LogP contribution < -0.4 is 9.64 Å². The van der Waals surface area contributed by atoms with Gasteiger partial charge in [0.1, 0.15) is 5.75 Å². The van der Waals surface area contributed by atoms with Gasteiger partial charge < -0.3 is 14.5 Å². The van der Waals surface area contributed by atoms with E-state index in [0.717, 1.165) is 24.4 Å². The van der Waals surface area contributed by atoms with E-state index in [2.05, 4.69) is 34.3 Å². The molecule has 166 valence electrons. The fourth-order valence-electron chi connectivity index (χ4n) is 4.03. The van der Waals surface area contributed by atoms with Crippen LogP contribution >= 0.6 is 0 Å². The molecule has 0 atom stereocenters. The average molecular weight is 439 g/mol. The molecule has 0 unspecified atom stereocenters. The summed E-state index contributed by atoms with van der Waals surface area (Å²) in [7, 11) is 0. The van der Waals surface area contributed by atoms with Crippen LogP contribution in [0.25, 0.3) is 11.1 Å². The molecule has 0 saturated carbocycles. The zero-order chi connectivity index (χ0) is 22.5. The number of anilines is 1. The summed E-state index contributed by atoms with van der Waals surface area (Å²) in [6.07, 6.45) is 1.78. The van der Waals surface area contributed by atoms with Gasteiger partial charge in [0.15, 0.2) is 12.4 Å². The van der Waals surface area contributed by atoms with Gasteiger partial charge in [-0.1, -0.05) is 60.7 Å². The van der Waals surface area contributed by atoms with Crippen molar-refractivity contribution in [2.75, 3.05) is 31.1 Å². The Morgan fingerprint density at radius 2 is 1.39 bits per heavy atom. The number of carbonyl (C=O) groups excluding carboxylic acids is 1. The largest absolute Gasteiger partial charge is 0.471 e. The molecular weight excluding hydrogens is 412 g/mol. The van der Waals surface area contributed by atoms with E-state index in [9.17, 15) is 4.79 Å². The molecule has 2 heterocycles. The Kier molecular flexibility index (Phi) is 6.06. The molecule has 1 aliphatic heterocycles. The van der Waals surface area contributed by atoms with Crippen LogP contribution in [0.3, 0.4) is 0 Å². The number of carbonyl (C=O) groups is 1. The predicted octanol–water partition coefficient (Wildman–Crippen LogP) is 4.55. The third-order valence-electron chi connectivity index (χ3n) is 5.87. The summed E-state index contributed by atoms with van der Waals surface area (Å²) in [5.74, 6) is 0.726. The van der Waals surface area contributed by atoms with Crippen LogP contribution in [-0.2, 0) is 6.73 Å². The molecule has 3 aromatic carbocycles. The van der Waals surface area contributed by atoms with Gasteiger partial charge in [-0.2, -0.15) is 5.10 Å². The first-order valence-corrected chi connectivity index (χ1v) is 11.2. The highest BCUT2D eigenvalue weighted by atomic mass is 16.5. The van der Waals surface area contributed by atoms with Crippen LogP contribution in [0.15, 0.2) is 97.2 Å². The fraction of sp³-hybridized carbons (Fsp3) is 0.185. The number of benzene rings is 3. The van der Waals surface area contributed by atoms with E-state index in [4.69, 9.17) is 4.74 Å². The van der Waals surface area contributed by atoms with Gasteiger partial charge in [-0.05, 0) is 41.5 Å². The van der Waals surface area contributed by atoms with Crippen molar-refractivity contribution < 1.29 is 9.53 Å². The Hall–Kier alpha value is -4.06. The van der Waals surface area contributed by atoms with Crippen molar-refractivity contribution in [3.63, 3.8) is 0 Å². The van der Waals surface area contributed by atoms with Crippen LogP contribution in [0, 0.1) is 0 Å². The van der Waals surface area contributed by atoms with E-state index >= 15 is 0 Å². The summed E-state index contributed by atoms with van der Waals surface area (Å²) in [6, 6.07) is 30.3. The quantitative estimate of drug-likeness (QED) is 0.443. The summed E-state index contributed by atoms with van der Waals surface area (Å²) in [6.45, 7) is 3.26. The first-order valence-electron chi connectivity index (χ1n) is 11.2. The number of ether oxygens (including phenoxy) is 1. The molecule has 1 amide bonds. The van der Waals surface area contributed by atoms with Crippen molar-refractivity contribution in [1.82, 2.24) is 14.7 Å². The maximum absolute atomic E-state index is 12.9. The summed E-state index contributed by atoms with van der Waals surface area (Å²) in [5, 5.41) is 4.43. The van der Waals surface area contributed by atoms with Crippen molar-refractivity contribution in [1.29, 1.82) is 0 Å². The van der Waals surface area contributed by atoms with E-state index in [1.165, 1.54) is 11.3 Å². The second kappa shape index (κ2) is 9.61. The highest BCUT2D eigenvalue weighted by Gasteiger charge is 2.23. The summed E-state index contributed by atoms with van der Waals surface area (Å²) >= 11 is 0. The minimum atomic E-state index is -0.0336. The topological polar surface area (TPSA) is 50.6 Å². The number of hydrogen-bond donors (Lipinski definition) is 0. The van der Waals surface area contributed by atoms with Crippen LogP contribution in [0.4, 0.5) is 5.69 Å². The molecule has 1 saturated heterocycles. The van der Waals surface area contributed by atoms with Gasteiger partial charge in [-0.3, -0.25) is 4.79 Å². The number of rotatable bonds is 6.